The van der Waals surface area contributed by atoms with Crippen LogP contribution in [0, 0.1) is 5.92 Å². The summed E-state index contributed by atoms with van der Waals surface area (Å²) < 4.78 is 11.0. The van der Waals surface area contributed by atoms with Gasteiger partial charge in [-0.2, -0.15) is 0 Å². The van der Waals surface area contributed by atoms with Gasteiger partial charge in [0, 0.05) is 6.61 Å². The second kappa shape index (κ2) is 10.8. The lowest BCUT2D eigenvalue weighted by atomic mass is 9.99. The summed E-state index contributed by atoms with van der Waals surface area (Å²) in [6, 6.07) is 9.16. The Bertz CT molecular complexity index is 362. The first-order chi connectivity index (χ1) is 10.2. The maximum absolute atomic E-state index is 5.71. The van der Waals surface area contributed by atoms with E-state index < -0.39 is 0 Å². The van der Waals surface area contributed by atoms with Crippen LogP contribution < -0.4 is 5.32 Å². The summed E-state index contributed by atoms with van der Waals surface area (Å²) in [7, 11) is 0. The van der Waals surface area contributed by atoms with Crippen molar-refractivity contribution in [1.29, 1.82) is 0 Å². The lowest BCUT2D eigenvalue weighted by Crippen LogP contribution is -2.26. The average molecular weight is 293 g/mol. The standard InChI is InChI=1S/C18H31NO2/c1-5-19-18(14-21-12-11-20-6-2)17-9-7-16(8-10-17)13-15(3)4/h7-10,15,18-19H,5-6,11-14H2,1-4H3. The Kier molecular flexibility index (Phi) is 9.31. The van der Waals surface area contributed by atoms with Crippen LogP contribution in [-0.2, 0) is 15.9 Å². The molecule has 0 aliphatic rings. The van der Waals surface area contributed by atoms with Crippen LogP contribution in [0.3, 0.4) is 0 Å². The number of likely N-dealkylation sites (N-methyl/N-ethyl adjacent to an activating group) is 1. The van der Waals surface area contributed by atoms with Crippen molar-refractivity contribution >= 4 is 0 Å². The van der Waals surface area contributed by atoms with Crippen molar-refractivity contribution in [2.24, 2.45) is 5.92 Å². The Morgan fingerprint density at radius 3 is 2.24 bits per heavy atom. The molecule has 0 saturated heterocycles. The second-order valence-corrected chi connectivity index (χ2v) is 5.72. The summed E-state index contributed by atoms with van der Waals surface area (Å²) in [5.41, 5.74) is 2.70. The summed E-state index contributed by atoms with van der Waals surface area (Å²) >= 11 is 0. The zero-order valence-corrected chi connectivity index (χ0v) is 14.0. The number of nitrogens with one attached hydrogen (secondary N) is 1. The molecule has 0 aliphatic carbocycles. The van der Waals surface area contributed by atoms with E-state index in [1.165, 1.54) is 11.1 Å². The Morgan fingerprint density at radius 2 is 1.67 bits per heavy atom. The van der Waals surface area contributed by atoms with E-state index in [1.54, 1.807) is 0 Å². The molecule has 120 valence electrons. The molecule has 21 heavy (non-hydrogen) atoms. The second-order valence-electron chi connectivity index (χ2n) is 5.72. The molecule has 1 aromatic carbocycles. The van der Waals surface area contributed by atoms with Crippen LogP contribution in [0.2, 0.25) is 0 Å². The topological polar surface area (TPSA) is 30.5 Å². The van der Waals surface area contributed by atoms with E-state index in [0.29, 0.717) is 25.7 Å². The van der Waals surface area contributed by atoms with Gasteiger partial charge in [0.25, 0.3) is 0 Å². The highest BCUT2D eigenvalue weighted by molar-refractivity contribution is 5.25. The van der Waals surface area contributed by atoms with Crippen molar-refractivity contribution in [3.8, 4) is 0 Å². The van der Waals surface area contributed by atoms with Gasteiger partial charge in [-0.1, -0.05) is 45.0 Å². The minimum Gasteiger partial charge on any atom is -0.379 e. The molecule has 1 unspecified atom stereocenters. The van der Waals surface area contributed by atoms with Crippen LogP contribution in [0.1, 0.15) is 44.9 Å². The summed E-state index contributed by atoms with van der Waals surface area (Å²) in [4.78, 5) is 0. The fraction of sp³-hybridized carbons (Fsp3) is 0.667. The predicted octanol–water partition coefficient (Wildman–Crippen LogP) is 3.59. The first-order valence-corrected chi connectivity index (χ1v) is 8.15. The van der Waals surface area contributed by atoms with Crippen LogP contribution in [0.4, 0.5) is 0 Å². The van der Waals surface area contributed by atoms with E-state index in [9.17, 15) is 0 Å². The van der Waals surface area contributed by atoms with Gasteiger partial charge in [0.1, 0.15) is 0 Å². The molecule has 1 atom stereocenters. The maximum atomic E-state index is 5.71. The molecular weight excluding hydrogens is 262 g/mol. The highest BCUT2D eigenvalue weighted by Crippen LogP contribution is 2.16. The van der Waals surface area contributed by atoms with E-state index in [4.69, 9.17) is 9.47 Å². The summed E-state index contributed by atoms with van der Waals surface area (Å²) in [5.74, 6) is 0.697. The number of hydrogen-bond donors (Lipinski definition) is 1. The van der Waals surface area contributed by atoms with Crippen LogP contribution in [0.5, 0.6) is 0 Å². The Morgan fingerprint density at radius 1 is 1.00 bits per heavy atom. The summed E-state index contributed by atoms with van der Waals surface area (Å²) in [6.45, 7) is 12.3. The monoisotopic (exact) mass is 293 g/mol. The lowest BCUT2D eigenvalue weighted by Gasteiger charge is -2.19. The summed E-state index contributed by atoms with van der Waals surface area (Å²) in [5, 5.41) is 3.48. The van der Waals surface area contributed by atoms with E-state index in [1.807, 2.05) is 6.92 Å². The highest BCUT2D eigenvalue weighted by atomic mass is 16.5. The zero-order valence-electron chi connectivity index (χ0n) is 14.0. The lowest BCUT2D eigenvalue weighted by molar-refractivity contribution is 0.0435. The third-order valence-corrected chi connectivity index (χ3v) is 3.34. The van der Waals surface area contributed by atoms with Crippen molar-refractivity contribution in [2.45, 2.75) is 40.2 Å². The third kappa shape index (κ3) is 7.60. The highest BCUT2D eigenvalue weighted by Gasteiger charge is 2.10. The van der Waals surface area contributed by atoms with Crippen LogP contribution in [-0.4, -0.2) is 33.0 Å². The van der Waals surface area contributed by atoms with Crippen LogP contribution >= 0.6 is 0 Å². The quantitative estimate of drug-likeness (QED) is 0.633. The van der Waals surface area contributed by atoms with E-state index >= 15 is 0 Å². The van der Waals surface area contributed by atoms with Crippen molar-refractivity contribution in [3.05, 3.63) is 35.4 Å². The zero-order chi connectivity index (χ0) is 15.5. The van der Waals surface area contributed by atoms with Gasteiger partial charge in [-0.25, -0.2) is 0 Å². The molecule has 0 amide bonds. The van der Waals surface area contributed by atoms with Crippen molar-refractivity contribution < 1.29 is 9.47 Å². The van der Waals surface area contributed by atoms with Gasteiger partial charge in [0.15, 0.2) is 0 Å². The fourth-order valence-electron chi connectivity index (χ4n) is 2.34. The molecule has 0 saturated carbocycles. The molecule has 3 nitrogen and oxygen atoms in total. The minimum absolute atomic E-state index is 0.254. The number of rotatable bonds is 11. The molecule has 0 heterocycles. The van der Waals surface area contributed by atoms with Gasteiger partial charge in [0.2, 0.25) is 0 Å². The van der Waals surface area contributed by atoms with Gasteiger partial charge in [-0.3, -0.25) is 0 Å². The minimum atomic E-state index is 0.254. The molecule has 3 heteroatoms. The molecule has 0 fully saturated rings. The SMILES string of the molecule is CCNC(COCCOCC)c1ccc(CC(C)C)cc1. The molecule has 1 aromatic rings. The molecule has 0 spiro atoms. The number of ether oxygens (including phenoxy) is 2. The molecule has 0 aliphatic heterocycles. The molecule has 1 N–H and O–H groups in total. The van der Waals surface area contributed by atoms with E-state index in [2.05, 4.69) is 50.4 Å². The molecule has 0 aromatic heterocycles. The van der Waals surface area contributed by atoms with Gasteiger partial charge >= 0.3 is 0 Å². The van der Waals surface area contributed by atoms with Gasteiger partial charge in [-0.15, -0.1) is 0 Å². The number of benzene rings is 1. The smallest absolute Gasteiger partial charge is 0.0701 e. The van der Waals surface area contributed by atoms with E-state index in [0.717, 1.165) is 19.6 Å². The number of hydrogen-bond acceptors (Lipinski definition) is 3. The summed E-state index contributed by atoms with van der Waals surface area (Å²) in [6.07, 6.45) is 1.14. The fourth-order valence-corrected chi connectivity index (χ4v) is 2.34. The van der Waals surface area contributed by atoms with Gasteiger partial charge in [-0.05, 0) is 36.9 Å². The van der Waals surface area contributed by atoms with Gasteiger partial charge < -0.3 is 14.8 Å². The third-order valence-electron chi connectivity index (χ3n) is 3.34. The van der Waals surface area contributed by atoms with Crippen molar-refractivity contribution in [2.75, 3.05) is 33.0 Å². The molecule has 0 bridgehead atoms. The van der Waals surface area contributed by atoms with Crippen molar-refractivity contribution in [1.82, 2.24) is 5.32 Å². The first-order valence-electron chi connectivity index (χ1n) is 8.15. The van der Waals surface area contributed by atoms with Crippen molar-refractivity contribution in [3.63, 3.8) is 0 Å². The normalized spacial score (nSPS) is 12.8. The largest absolute Gasteiger partial charge is 0.379 e. The Balaban J connectivity index is 2.50. The Labute approximate surface area is 130 Å². The van der Waals surface area contributed by atoms with Gasteiger partial charge in [0.05, 0.1) is 25.9 Å². The molecule has 0 radical (unpaired) electrons. The molecule has 1 rings (SSSR count). The average Bonchev–Trinajstić information content (AvgIpc) is 2.46. The maximum Gasteiger partial charge on any atom is 0.0701 e. The molecular formula is C18H31NO2. The van der Waals surface area contributed by atoms with Crippen LogP contribution in [0.15, 0.2) is 24.3 Å². The Hall–Kier alpha value is -0.900. The first kappa shape index (κ1) is 18.1. The predicted molar refractivity (Wildman–Crippen MR) is 88.7 cm³/mol. The van der Waals surface area contributed by atoms with E-state index in [-0.39, 0.29) is 6.04 Å². The van der Waals surface area contributed by atoms with Crippen LogP contribution in [0.25, 0.3) is 0 Å².